The summed E-state index contributed by atoms with van der Waals surface area (Å²) in [6.07, 6.45) is 0. The molecule has 0 radical (unpaired) electrons. The molecule has 4 heteroatoms. The number of aliphatic carboxylic acids is 1. The largest absolute Gasteiger partial charge is 0.480 e. The summed E-state index contributed by atoms with van der Waals surface area (Å²) in [6, 6.07) is 8.02. The van der Waals surface area contributed by atoms with Crippen LogP contribution in [0.25, 0.3) is 0 Å². The van der Waals surface area contributed by atoms with Gasteiger partial charge < -0.3 is 10.4 Å². The van der Waals surface area contributed by atoms with Crippen LogP contribution in [0.5, 0.6) is 0 Å². The first-order valence-electron chi connectivity index (χ1n) is 7.26. The SMILES string of the molecule is CC(C)c1ccc(C(C)(C(=O)O)N2CCNCC2)cc1. The van der Waals surface area contributed by atoms with Crippen LogP contribution in [-0.4, -0.2) is 42.2 Å². The maximum Gasteiger partial charge on any atom is 0.328 e. The molecule has 2 N–H and O–H groups in total. The fourth-order valence-corrected chi connectivity index (χ4v) is 2.75. The summed E-state index contributed by atoms with van der Waals surface area (Å²) in [5, 5.41) is 13.0. The molecule has 0 spiro atoms. The lowest BCUT2D eigenvalue weighted by molar-refractivity contribution is -0.151. The van der Waals surface area contributed by atoms with Crippen LogP contribution >= 0.6 is 0 Å². The number of hydrogen-bond acceptors (Lipinski definition) is 3. The third-order valence-electron chi connectivity index (χ3n) is 4.31. The molecule has 0 saturated carbocycles. The summed E-state index contributed by atoms with van der Waals surface area (Å²) in [6.45, 7) is 9.29. The first kappa shape index (κ1) is 15.0. The van der Waals surface area contributed by atoms with E-state index in [9.17, 15) is 9.90 Å². The lowest BCUT2D eigenvalue weighted by Gasteiger charge is -2.40. The number of hydrogen-bond donors (Lipinski definition) is 2. The lowest BCUT2D eigenvalue weighted by atomic mass is 9.88. The van der Waals surface area contributed by atoms with E-state index in [2.05, 4.69) is 24.1 Å². The van der Waals surface area contributed by atoms with Gasteiger partial charge >= 0.3 is 5.97 Å². The Kier molecular flexibility index (Phi) is 4.45. The first-order valence-corrected chi connectivity index (χ1v) is 7.26. The van der Waals surface area contributed by atoms with Crippen LogP contribution in [0.2, 0.25) is 0 Å². The molecule has 0 aromatic heterocycles. The minimum atomic E-state index is -0.947. The molecule has 0 amide bonds. The summed E-state index contributed by atoms with van der Waals surface area (Å²) in [5.74, 6) is -0.323. The van der Waals surface area contributed by atoms with Gasteiger partial charge in [-0.15, -0.1) is 0 Å². The van der Waals surface area contributed by atoms with E-state index in [0.29, 0.717) is 5.92 Å². The van der Waals surface area contributed by atoms with Crippen LogP contribution in [0.15, 0.2) is 24.3 Å². The monoisotopic (exact) mass is 276 g/mol. The minimum absolute atomic E-state index is 0.458. The molecular weight excluding hydrogens is 252 g/mol. The first-order chi connectivity index (χ1) is 9.46. The zero-order valence-electron chi connectivity index (χ0n) is 12.5. The Morgan fingerprint density at radius 3 is 2.25 bits per heavy atom. The normalized spacial score (nSPS) is 19.8. The number of carboxylic acid groups (broad SMARTS) is 1. The van der Waals surface area contributed by atoms with Gasteiger partial charge in [0.2, 0.25) is 0 Å². The van der Waals surface area contributed by atoms with Gasteiger partial charge in [-0.25, -0.2) is 4.79 Å². The van der Waals surface area contributed by atoms with E-state index in [4.69, 9.17) is 0 Å². The van der Waals surface area contributed by atoms with Crippen molar-refractivity contribution in [2.24, 2.45) is 0 Å². The molecule has 20 heavy (non-hydrogen) atoms. The Morgan fingerprint density at radius 1 is 1.25 bits per heavy atom. The van der Waals surface area contributed by atoms with Crippen molar-refractivity contribution in [2.75, 3.05) is 26.2 Å². The van der Waals surface area contributed by atoms with Gasteiger partial charge in [0.05, 0.1) is 0 Å². The molecule has 1 aromatic carbocycles. The van der Waals surface area contributed by atoms with Crippen molar-refractivity contribution in [3.8, 4) is 0 Å². The molecule has 2 rings (SSSR count). The van der Waals surface area contributed by atoms with E-state index in [1.807, 2.05) is 31.2 Å². The van der Waals surface area contributed by atoms with Crippen LogP contribution in [0, 0.1) is 0 Å². The zero-order valence-corrected chi connectivity index (χ0v) is 12.5. The van der Waals surface area contributed by atoms with Gasteiger partial charge in [0.1, 0.15) is 5.54 Å². The summed E-state index contributed by atoms with van der Waals surface area (Å²) >= 11 is 0. The lowest BCUT2D eigenvalue weighted by Crippen LogP contribution is -2.56. The van der Waals surface area contributed by atoms with Crippen LogP contribution in [0.4, 0.5) is 0 Å². The smallest absolute Gasteiger partial charge is 0.328 e. The number of carbonyl (C=O) groups is 1. The Morgan fingerprint density at radius 2 is 1.80 bits per heavy atom. The van der Waals surface area contributed by atoms with Crippen LogP contribution < -0.4 is 5.32 Å². The van der Waals surface area contributed by atoms with Gasteiger partial charge in [-0.3, -0.25) is 4.90 Å². The Labute approximate surface area is 120 Å². The minimum Gasteiger partial charge on any atom is -0.480 e. The van der Waals surface area contributed by atoms with Crippen molar-refractivity contribution < 1.29 is 9.90 Å². The van der Waals surface area contributed by atoms with E-state index in [1.165, 1.54) is 5.56 Å². The van der Waals surface area contributed by atoms with Crippen LogP contribution in [0.3, 0.4) is 0 Å². The maximum absolute atomic E-state index is 11.9. The molecule has 1 heterocycles. The van der Waals surface area contributed by atoms with Gasteiger partial charge in [-0.05, 0) is 24.0 Å². The van der Waals surface area contributed by atoms with Gasteiger partial charge in [-0.1, -0.05) is 38.1 Å². The third kappa shape index (κ3) is 2.72. The highest BCUT2D eigenvalue weighted by atomic mass is 16.4. The molecule has 4 nitrogen and oxygen atoms in total. The summed E-state index contributed by atoms with van der Waals surface area (Å²) in [5.41, 5.74) is 1.15. The second-order valence-corrected chi connectivity index (χ2v) is 5.89. The summed E-state index contributed by atoms with van der Waals surface area (Å²) in [7, 11) is 0. The van der Waals surface area contributed by atoms with Crippen LogP contribution in [-0.2, 0) is 10.3 Å². The number of nitrogens with zero attached hydrogens (tertiary/aromatic N) is 1. The van der Waals surface area contributed by atoms with E-state index >= 15 is 0 Å². The van der Waals surface area contributed by atoms with E-state index in [-0.39, 0.29) is 0 Å². The fraction of sp³-hybridized carbons (Fsp3) is 0.562. The molecule has 0 bridgehead atoms. The number of nitrogens with one attached hydrogen (secondary N) is 1. The quantitative estimate of drug-likeness (QED) is 0.883. The molecule has 1 aliphatic rings. The average molecular weight is 276 g/mol. The Balaban J connectivity index is 2.34. The maximum atomic E-state index is 11.9. The van der Waals surface area contributed by atoms with E-state index in [1.54, 1.807) is 0 Å². The number of carboxylic acids is 1. The predicted octanol–water partition coefficient (Wildman–Crippen LogP) is 2.01. The highest BCUT2D eigenvalue weighted by Gasteiger charge is 2.41. The van der Waals surface area contributed by atoms with Crippen molar-refractivity contribution in [1.82, 2.24) is 10.2 Å². The van der Waals surface area contributed by atoms with E-state index < -0.39 is 11.5 Å². The Bertz CT molecular complexity index is 464. The standard InChI is InChI=1S/C16H24N2O2/c1-12(2)13-4-6-14(7-5-13)16(3,15(19)20)18-10-8-17-9-11-18/h4-7,12,17H,8-11H2,1-3H3,(H,19,20). The van der Waals surface area contributed by atoms with Crippen LogP contribution in [0.1, 0.15) is 37.8 Å². The molecule has 1 atom stereocenters. The predicted molar refractivity (Wildman–Crippen MR) is 80.0 cm³/mol. The second kappa shape index (κ2) is 5.94. The highest BCUT2D eigenvalue weighted by molar-refractivity contribution is 5.80. The number of rotatable bonds is 4. The molecule has 1 aliphatic heterocycles. The summed E-state index contributed by atoms with van der Waals surface area (Å²) < 4.78 is 0. The van der Waals surface area contributed by atoms with Gasteiger partial charge in [0, 0.05) is 26.2 Å². The zero-order chi connectivity index (χ0) is 14.8. The topological polar surface area (TPSA) is 52.6 Å². The highest BCUT2D eigenvalue weighted by Crippen LogP contribution is 2.30. The van der Waals surface area contributed by atoms with Crippen molar-refractivity contribution in [2.45, 2.75) is 32.2 Å². The molecular formula is C16H24N2O2. The number of benzene rings is 1. The van der Waals surface area contributed by atoms with Crippen molar-refractivity contribution in [3.63, 3.8) is 0 Å². The third-order valence-corrected chi connectivity index (χ3v) is 4.31. The van der Waals surface area contributed by atoms with Gasteiger partial charge in [0.15, 0.2) is 0 Å². The molecule has 0 aliphatic carbocycles. The van der Waals surface area contributed by atoms with Gasteiger partial charge in [0.25, 0.3) is 0 Å². The molecule has 1 saturated heterocycles. The van der Waals surface area contributed by atoms with E-state index in [0.717, 1.165) is 31.7 Å². The van der Waals surface area contributed by atoms with Crippen molar-refractivity contribution in [1.29, 1.82) is 0 Å². The second-order valence-electron chi connectivity index (χ2n) is 5.89. The van der Waals surface area contributed by atoms with Crippen molar-refractivity contribution >= 4 is 5.97 Å². The molecule has 1 unspecified atom stereocenters. The summed E-state index contributed by atoms with van der Waals surface area (Å²) in [4.78, 5) is 13.9. The van der Waals surface area contributed by atoms with Gasteiger partial charge in [-0.2, -0.15) is 0 Å². The average Bonchev–Trinajstić information content (AvgIpc) is 2.47. The molecule has 1 aromatic rings. The molecule has 1 fully saturated rings. The molecule has 110 valence electrons. The Hall–Kier alpha value is -1.39. The van der Waals surface area contributed by atoms with Crippen molar-refractivity contribution in [3.05, 3.63) is 35.4 Å². The number of piperazine rings is 1. The fourth-order valence-electron chi connectivity index (χ4n) is 2.75.